The van der Waals surface area contributed by atoms with E-state index >= 15 is 0 Å². The van der Waals surface area contributed by atoms with Crippen LogP contribution < -0.4 is 5.32 Å². The topological polar surface area (TPSA) is 37.8 Å². The molecule has 0 aliphatic rings. The number of nitrogens with one attached hydrogen (secondary N) is 1. The van der Waals surface area contributed by atoms with E-state index in [0.717, 1.165) is 0 Å². The highest BCUT2D eigenvalue weighted by Gasteiger charge is 2.32. The second kappa shape index (κ2) is 5.69. The summed E-state index contributed by atoms with van der Waals surface area (Å²) in [4.78, 5) is 7.55. The summed E-state index contributed by atoms with van der Waals surface area (Å²) in [5, 5.41) is 2.81. The maximum Gasteiger partial charge on any atom is 0.391 e. The molecule has 19 heavy (non-hydrogen) atoms. The van der Waals surface area contributed by atoms with Crippen molar-refractivity contribution in [2.24, 2.45) is 0 Å². The van der Waals surface area contributed by atoms with E-state index in [1.807, 2.05) is 0 Å². The molecule has 6 heteroatoms. The molecule has 0 spiro atoms. The van der Waals surface area contributed by atoms with Crippen LogP contribution in [0.25, 0.3) is 0 Å². The fraction of sp³-hybridized carbons (Fsp3) is 0.231. The van der Waals surface area contributed by atoms with Crippen molar-refractivity contribution in [3.63, 3.8) is 0 Å². The maximum atomic E-state index is 12.6. The van der Waals surface area contributed by atoms with Crippen molar-refractivity contribution in [3.05, 3.63) is 54.6 Å². The van der Waals surface area contributed by atoms with Crippen molar-refractivity contribution >= 4 is 5.69 Å². The molecule has 0 fully saturated rings. The van der Waals surface area contributed by atoms with E-state index in [2.05, 4.69) is 15.3 Å². The van der Waals surface area contributed by atoms with Crippen LogP contribution in [0.1, 0.15) is 18.0 Å². The lowest BCUT2D eigenvalue weighted by Gasteiger charge is -2.21. The minimum atomic E-state index is -4.25. The van der Waals surface area contributed by atoms with E-state index in [0.29, 0.717) is 11.3 Å². The Kier molecular flexibility index (Phi) is 3.99. The number of anilines is 1. The van der Waals surface area contributed by atoms with E-state index in [1.165, 1.54) is 18.7 Å². The summed E-state index contributed by atoms with van der Waals surface area (Å²) in [6.45, 7) is 0. The van der Waals surface area contributed by atoms with E-state index in [-0.39, 0.29) is 0 Å². The zero-order valence-corrected chi connectivity index (χ0v) is 9.93. The molecule has 0 aliphatic carbocycles. The van der Waals surface area contributed by atoms with E-state index in [4.69, 9.17) is 0 Å². The summed E-state index contributed by atoms with van der Waals surface area (Å²) in [5.74, 6) is 0. The van der Waals surface area contributed by atoms with Crippen molar-refractivity contribution in [2.75, 3.05) is 5.32 Å². The minimum Gasteiger partial charge on any atom is -0.375 e. The number of hydrogen-bond donors (Lipinski definition) is 1. The molecule has 1 unspecified atom stereocenters. The quantitative estimate of drug-likeness (QED) is 0.920. The van der Waals surface area contributed by atoms with Gasteiger partial charge in [-0.15, -0.1) is 0 Å². The standard InChI is InChI=1S/C13H12F3N3/c14-13(15,16)6-12(10-4-2-1-3-5-10)19-11-7-17-9-18-8-11/h1-5,7-9,12,19H,6H2. The maximum absolute atomic E-state index is 12.6. The Balaban J connectivity index is 2.20. The van der Waals surface area contributed by atoms with Crippen LogP contribution in [-0.4, -0.2) is 16.1 Å². The first kappa shape index (κ1) is 13.3. The lowest BCUT2D eigenvalue weighted by molar-refractivity contribution is -0.137. The van der Waals surface area contributed by atoms with Crippen LogP contribution >= 0.6 is 0 Å². The molecule has 1 N–H and O–H groups in total. The van der Waals surface area contributed by atoms with Gasteiger partial charge >= 0.3 is 6.18 Å². The van der Waals surface area contributed by atoms with Crippen LogP contribution in [0.3, 0.4) is 0 Å². The van der Waals surface area contributed by atoms with Crippen molar-refractivity contribution in [1.29, 1.82) is 0 Å². The fourth-order valence-electron chi connectivity index (χ4n) is 1.74. The molecule has 0 saturated heterocycles. The average molecular weight is 267 g/mol. The van der Waals surface area contributed by atoms with Gasteiger partial charge in [-0.25, -0.2) is 9.97 Å². The lowest BCUT2D eigenvalue weighted by atomic mass is 10.0. The molecule has 0 radical (unpaired) electrons. The molecular weight excluding hydrogens is 255 g/mol. The van der Waals surface area contributed by atoms with Gasteiger partial charge in [0.15, 0.2) is 0 Å². The molecule has 1 aromatic carbocycles. The molecule has 1 aromatic heterocycles. The highest BCUT2D eigenvalue weighted by molar-refractivity contribution is 5.41. The van der Waals surface area contributed by atoms with E-state index < -0.39 is 18.6 Å². The lowest BCUT2D eigenvalue weighted by Crippen LogP contribution is -2.20. The van der Waals surface area contributed by atoms with Crippen LogP contribution in [0.15, 0.2) is 49.1 Å². The monoisotopic (exact) mass is 267 g/mol. The summed E-state index contributed by atoms with van der Waals surface area (Å²) in [6, 6.07) is 7.65. The number of halogens is 3. The van der Waals surface area contributed by atoms with Crippen molar-refractivity contribution in [3.8, 4) is 0 Å². The molecule has 1 atom stereocenters. The molecule has 0 aliphatic heterocycles. The van der Waals surface area contributed by atoms with Gasteiger partial charge in [0.2, 0.25) is 0 Å². The Hall–Kier alpha value is -2.11. The fourth-order valence-corrected chi connectivity index (χ4v) is 1.74. The van der Waals surface area contributed by atoms with Gasteiger partial charge in [0, 0.05) is 0 Å². The molecule has 0 saturated carbocycles. The van der Waals surface area contributed by atoms with Crippen molar-refractivity contribution < 1.29 is 13.2 Å². The number of hydrogen-bond acceptors (Lipinski definition) is 3. The third kappa shape index (κ3) is 4.24. The second-order valence-electron chi connectivity index (χ2n) is 4.05. The third-order valence-corrected chi connectivity index (χ3v) is 2.54. The van der Waals surface area contributed by atoms with Crippen LogP contribution in [-0.2, 0) is 0 Å². The SMILES string of the molecule is FC(F)(F)CC(Nc1cncnc1)c1ccccc1. The van der Waals surface area contributed by atoms with E-state index in [9.17, 15) is 13.2 Å². The van der Waals surface area contributed by atoms with Gasteiger partial charge in [0.05, 0.1) is 30.5 Å². The first-order valence-electron chi connectivity index (χ1n) is 5.68. The smallest absolute Gasteiger partial charge is 0.375 e. The van der Waals surface area contributed by atoms with Gasteiger partial charge in [-0.05, 0) is 5.56 Å². The molecule has 100 valence electrons. The number of nitrogens with zero attached hydrogens (tertiary/aromatic N) is 2. The predicted octanol–water partition coefficient (Wildman–Crippen LogP) is 3.58. The van der Waals surface area contributed by atoms with Gasteiger partial charge in [0.25, 0.3) is 0 Å². The van der Waals surface area contributed by atoms with Gasteiger partial charge < -0.3 is 5.32 Å². The molecule has 0 amide bonds. The normalized spacial score (nSPS) is 13.0. The first-order chi connectivity index (χ1) is 9.04. The minimum absolute atomic E-state index is 0.459. The second-order valence-corrected chi connectivity index (χ2v) is 4.05. The molecule has 2 rings (SSSR count). The summed E-state index contributed by atoms with van der Waals surface area (Å²) < 4.78 is 37.9. The van der Waals surface area contributed by atoms with Crippen LogP contribution in [0.5, 0.6) is 0 Å². The van der Waals surface area contributed by atoms with Crippen LogP contribution in [0.4, 0.5) is 18.9 Å². The number of aromatic nitrogens is 2. The Morgan fingerprint density at radius 1 is 1.05 bits per heavy atom. The number of alkyl halides is 3. The Labute approximate surface area is 108 Å². The van der Waals surface area contributed by atoms with Crippen LogP contribution in [0.2, 0.25) is 0 Å². The average Bonchev–Trinajstić information content (AvgIpc) is 2.39. The third-order valence-electron chi connectivity index (χ3n) is 2.54. The predicted molar refractivity (Wildman–Crippen MR) is 65.5 cm³/mol. The highest BCUT2D eigenvalue weighted by Crippen LogP contribution is 2.31. The van der Waals surface area contributed by atoms with Gasteiger partial charge in [0.1, 0.15) is 6.33 Å². The zero-order valence-electron chi connectivity index (χ0n) is 9.93. The van der Waals surface area contributed by atoms with Crippen molar-refractivity contribution in [1.82, 2.24) is 9.97 Å². The van der Waals surface area contributed by atoms with E-state index in [1.54, 1.807) is 30.3 Å². The first-order valence-corrected chi connectivity index (χ1v) is 5.68. The Morgan fingerprint density at radius 3 is 2.26 bits per heavy atom. The summed E-state index contributed by atoms with van der Waals surface area (Å²) in [5.41, 5.74) is 1.03. The summed E-state index contributed by atoms with van der Waals surface area (Å²) in [7, 11) is 0. The molecule has 2 aromatic rings. The Morgan fingerprint density at radius 2 is 1.68 bits per heavy atom. The number of rotatable bonds is 4. The molecular formula is C13H12F3N3. The van der Waals surface area contributed by atoms with Crippen molar-refractivity contribution in [2.45, 2.75) is 18.6 Å². The van der Waals surface area contributed by atoms with Gasteiger partial charge in [-0.3, -0.25) is 0 Å². The largest absolute Gasteiger partial charge is 0.391 e. The number of benzene rings is 1. The summed E-state index contributed by atoms with van der Waals surface area (Å²) >= 11 is 0. The van der Waals surface area contributed by atoms with Crippen LogP contribution in [0, 0.1) is 0 Å². The van der Waals surface area contributed by atoms with Gasteiger partial charge in [-0.1, -0.05) is 30.3 Å². The summed E-state index contributed by atoms with van der Waals surface area (Å²) in [6.07, 6.45) is -0.986. The van der Waals surface area contributed by atoms with Gasteiger partial charge in [-0.2, -0.15) is 13.2 Å². The molecule has 1 heterocycles. The molecule has 3 nitrogen and oxygen atoms in total. The zero-order chi connectivity index (χ0) is 13.7. The Bertz CT molecular complexity index is 500. The highest BCUT2D eigenvalue weighted by atomic mass is 19.4. The molecule has 0 bridgehead atoms.